The molecule has 2 aromatic carbocycles. The number of hydrogen-bond donors (Lipinski definition) is 2. The number of nitrogens with one attached hydrogen (secondary N) is 2. The first-order valence-corrected chi connectivity index (χ1v) is 9.78. The van der Waals surface area contributed by atoms with Crippen LogP contribution in [0.25, 0.3) is 0 Å². The molecule has 0 saturated carbocycles. The minimum absolute atomic E-state index is 0.0569. The largest absolute Gasteiger partial charge is 0.376 e. The Kier molecular flexibility index (Phi) is 6.23. The topological polar surface area (TPSA) is 75.3 Å². The quantitative estimate of drug-likeness (QED) is 0.789. The molecule has 0 aliphatic rings. The number of benzene rings is 2. The van der Waals surface area contributed by atoms with E-state index in [1.165, 1.54) is 6.26 Å². The van der Waals surface area contributed by atoms with Crippen molar-refractivity contribution in [3.63, 3.8) is 0 Å². The lowest BCUT2D eigenvalue weighted by Gasteiger charge is -2.12. The molecule has 0 atom stereocenters. The second-order valence-corrected chi connectivity index (χ2v) is 8.06. The third-order valence-electron chi connectivity index (χ3n) is 3.25. The summed E-state index contributed by atoms with van der Waals surface area (Å²) in [7, 11) is -3.14. The molecule has 0 unspecified atom stereocenters. The van der Waals surface area contributed by atoms with E-state index in [-0.39, 0.29) is 18.2 Å². The highest BCUT2D eigenvalue weighted by atomic mass is 35.5. The van der Waals surface area contributed by atoms with Gasteiger partial charge >= 0.3 is 0 Å². The maximum Gasteiger partial charge on any atom is 0.239 e. The van der Waals surface area contributed by atoms with Gasteiger partial charge in [0.1, 0.15) is 0 Å². The average Bonchev–Trinajstić information content (AvgIpc) is 2.51. The monoisotopic (exact) mass is 366 g/mol. The molecule has 7 heteroatoms. The van der Waals surface area contributed by atoms with Crippen LogP contribution in [-0.4, -0.2) is 27.1 Å². The minimum Gasteiger partial charge on any atom is -0.376 e. The van der Waals surface area contributed by atoms with Gasteiger partial charge in [0.05, 0.1) is 12.3 Å². The standard InChI is InChI=1S/C17H19ClN2O3S/c1-24(22,23)12-14-6-2-3-8-16(14)19-11-17(21)20-10-13-5-4-7-15(18)9-13/h2-9,19H,10-12H2,1H3,(H,20,21). The van der Waals surface area contributed by atoms with Gasteiger partial charge in [-0.3, -0.25) is 4.79 Å². The highest BCUT2D eigenvalue weighted by Crippen LogP contribution is 2.17. The van der Waals surface area contributed by atoms with E-state index in [9.17, 15) is 13.2 Å². The van der Waals surface area contributed by atoms with E-state index in [2.05, 4.69) is 10.6 Å². The number of carbonyl (C=O) groups is 1. The first-order chi connectivity index (χ1) is 11.3. The van der Waals surface area contributed by atoms with Gasteiger partial charge in [-0.1, -0.05) is 41.9 Å². The van der Waals surface area contributed by atoms with Crippen molar-refractivity contribution >= 4 is 33.0 Å². The van der Waals surface area contributed by atoms with Gasteiger partial charge in [-0.05, 0) is 29.3 Å². The van der Waals surface area contributed by atoms with Crippen molar-refractivity contribution in [2.45, 2.75) is 12.3 Å². The molecule has 0 heterocycles. The predicted octanol–water partition coefficient (Wildman–Crippen LogP) is 2.61. The van der Waals surface area contributed by atoms with Crippen LogP contribution in [0.15, 0.2) is 48.5 Å². The van der Waals surface area contributed by atoms with Crippen molar-refractivity contribution in [1.82, 2.24) is 5.32 Å². The Morgan fingerprint density at radius 3 is 2.58 bits per heavy atom. The average molecular weight is 367 g/mol. The second-order valence-electron chi connectivity index (χ2n) is 5.49. The zero-order valence-electron chi connectivity index (χ0n) is 13.3. The number of rotatable bonds is 7. The molecule has 0 bridgehead atoms. The van der Waals surface area contributed by atoms with Crippen molar-refractivity contribution in [1.29, 1.82) is 0 Å². The van der Waals surface area contributed by atoms with E-state index >= 15 is 0 Å². The van der Waals surface area contributed by atoms with E-state index in [0.717, 1.165) is 5.56 Å². The van der Waals surface area contributed by atoms with E-state index in [0.29, 0.717) is 22.8 Å². The van der Waals surface area contributed by atoms with Gasteiger partial charge in [0.25, 0.3) is 0 Å². The molecule has 1 amide bonds. The Bertz CT molecular complexity index is 822. The summed E-state index contributed by atoms with van der Waals surface area (Å²) in [6.07, 6.45) is 1.18. The van der Waals surface area contributed by atoms with E-state index in [1.807, 2.05) is 12.1 Å². The summed E-state index contributed by atoms with van der Waals surface area (Å²) >= 11 is 5.90. The first kappa shape index (κ1) is 18.3. The lowest BCUT2D eigenvalue weighted by Crippen LogP contribution is -2.29. The normalized spacial score (nSPS) is 11.1. The summed E-state index contributed by atoms with van der Waals surface area (Å²) in [4.78, 5) is 11.9. The lowest BCUT2D eigenvalue weighted by molar-refractivity contribution is -0.119. The molecule has 0 radical (unpaired) electrons. The Morgan fingerprint density at radius 2 is 1.88 bits per heavy atom. The summed E-state index contributed by atoms with van der Waals surface area (Å²) in [6, 6.07) is 14.3. The van der Waals surface area contributed by atoms with Crippen LogP contribution in [0.2, 0.25) is 5.02 Å². The molecule has 0 spiro atoms. The number of hydrogen-bond acceptors (Lipinski definition) is 4. The van der Waals surface area contributed by atoms with Crippen LogP contribution in [0.4, 0.5) is 5.69 Å². The minimum atomic E-state index is -3.14. The van der Waals surface area contributed by atoms with Crippen LogP contribution >= 0.6 is 11.6 Å². The van der Waals surface area contributed by atoms with Gasteiger partial charge in [0.2, 0.25) is 5.91 Å². The van der Waals surface area contributed by atoms with Gasteiger partial charge in [-0.15, -0.1) is 0 Å². The fourth-order valence-electron chi connectivity index (χ4n) is 2.19. The molecule has 0 aromatic heterocycles. The molecule has 24 heavy (non-hydrogen) atoms. The van der Waals surface area contributed by atoms with Crippen LogP contribution in [0.1, 0.15) is 11.1 Å². The summed E-state index contributed by atoms with van der Waals surface area (Å²) in [5.41, 5.74) is 2.19. The molecule has 128 valence electrons. The molecular formula is C17H19ClN2O3S. The van der Waals surface area contributed by atoms with E-state index in [4.69, 9.17) is 11.6 Å². The van der Waals surface area contributed by atoms with Gasteiger partial charge < -0.3 is 10.6 Å². The number of amides is 1. The number of anilines is 1. The zero-order chi connectivity index (χ0) is 17.6. The molecule has 2 rings (SSSR count). The third-order valence-corrected chi connectivity index (χ3v) is 4.32. The van der Waals surface area contributed by atoms with Crippen LogP contribution < -0.4 is 10.6 Å². The van der Waals surface area contributed by atoms with Gasteiger partial charge in [-0.25, -0.2) is 8.42 Å². The van der Waals surface area contributed by atoms with Crippen molar-refractivity contribution in [2.24, 2.45) is 0 Å². The maximum atomic E-state index is 11.9. The fraction of sp³-hybridized carbons (Fsp3) is 0.235. The van der Waals surface area contributed by atoms with Crippen LogP contribution in [0.3, 0.4) is 0 Å². The molecule has 0 saturated heterocycles. The van der Waals surface area contributed by atoms with Crippen molar-refractivity contribution < 1.29 is 13.2 Å². The Labute approximate surface area is 147 Å². The number of halogens is 1. The number of sulfone groups is 1. The Morgan fingerprint density at radius 1 is 1.12 bits per heavy atom. The highest BCUT2D eigenvalue weighted by Gasteiger charge is 2.10. The highest BCUT2D eigenvalue weighted by molar-refractivity contribution is 7.89. The summed E-state index contributed by atoms with van der Waals surface area (Å²) in [5, 5.41) is 6.39. The van der Waals surface area contributed by atoms with E-state index < -0.39 is 9.84 Å². The lowest BCUT2D eigenvalue weighted by atomic mass is 10.2. The molecule has 0 aliphatic carbocycles. The fourth-order valence-corrected chi connectivity index (χ4v) is 3.22. The third kappa shape index (κ3) is 6.22. The molecule has 0 aliphatic heterocycles. The van der Waals surface area contributed by atoms with Crippen LogP contribution in [-0.2, 0) is 26.9 Å². The Hall–Kier alpha value is -2.05. The second kappa shape index (κ2) is 8.17. The predicted molar refractivity (Wildman–Crippen MR) is 96.8 cm³/mol. The maximum absolute atomic E-state index is 11.9. The van der Waals surface area contributed by atoms with Gasteiger partial charge in [0.15, 0.2) is 9.84 Å². The van der Waals surface area contributed by atoms with Crippen molar-refractivity contribution in [2.75, 3.05) is 18.1 Å². The number of carbonyl (C=O) groups excluding carboxylic acids is 1. The van der Waals surface area contributed by atoms with E-state index in [1.54, 1.807) is 36.4 Å². The summed E-state index contributed by atoms with van der Waals surface area (Å²) in [6.45, 7) is 0.438. The van der Waals surface area contributed by atoms with Crippen molar-refractivity contribution in [3.05, 3.63) is 64.7 Å². The smallest absolute Gasteiger partial charge is 0.239 e. The SMILES string of the molecule is CS(=O)(=O)Cc1ccccc1NCC(=O)NCc1cccc(Cl)c1. The summed E-state index contributed by atoms with van der Waals surface area (Å²) in [5.74, 6) is -0.260. The summed E-state index contributed by atoms with van der Waals surface area (Å²) < 4.78 is 22.9. The molecule has 2 N–H and O–H groups in total. The molecule has 5 nitrogen and oxygen atoms in total. The van der Waals surface area contributed by atoms with Crippen LogP contribution in [0.5, 0.6) is 0 Å². The molecular weight excluding hydrogens is 348 g/mol. The van der Waals surface area contributed by atoms with Gasteiger partial charge in [-0.2, -0.15) is 0 Å². The molecule has 0 fully saturated rings. The first-order valence-electron chi connectivity index (χ1n) is 7.34. The number of para-hydroxylation sites is 1. The van der Waals surface area contributed by atoms with Crippen LogP contribution in [0, 0.1) is 0 Å². The van der Waals surface area contributed by atoms with Crippen molar-refractivity contribution in [3.8, 4) is 0 Å². The Balaban J connectivity index is 1.90. The van der Waals surface area contributed by atoms with Gasteiger partial charge in [0, 0.05) is 23.5 Å². The molecule has 2 aromatic rings. The zero-order valence-corrected chi connectivity index (χ0v) is 14.8.